The second-order valence-electron chi connectivity index (χ2n) is 6.81. The molecule has 0 radical (unpaired) electrons. The predicted molar refractivity (Wildman–Crippen MR) is 110 cm³/mol. The van der Waals surface area contributed by atoms with Crippen LogP contribution < -0.4 is 4.72 Å². The summed E-state index contributed by atoms with van der Waals surface area (Å²) in [7, 11) is -3.76. The molecule has 3 rings (SSSR count). The Hall–Kier alpha value is -2.84. The van der Waals surface area contributed by atoms with Gasteiger partial charge in [-0.05, 0) is 42.5 Å². The Morgan fingerprint density at radius 1 is 1.07 bits per heavy atom. The molecule has 0 amide bonds. The molecule has 3 aromatic rings. The van der Waals surface area contributed by atoms with Crippen molar-refractivity contribution < 1.29 is 18.3 Å². The molecule has 8 heteroatoms. The van der Waals surface area contributed by atoms with Crippen molar-refractivity contribution in [1.82, 2.24) is 14.7 Å². The third-order valence-corrected chi connectivity index (χ3v) is 6.21. The number of para-hydroxylation sites is 1. The molecular weight excluding hydrogens is 390 g/mol. The largest absolute Gasteiger partial charge is 0.481 e. The van der Waals surface area contributed by atoms with Crippen LogP contribution in [0.4, 0.5) is 0 Å². The van der Waals surface area contributed by atoms with Crippen molar-refractivity contribution >= 4 is 26.9 Å². The summed E-state index contributed by atoms with van der Waals surface area (Å²) in [5.41, 5.74) is 1.35. The van der Waals surface area contributed by atoms with E-state index in [9.17, 15) is 13.2 Å². The summed E-state index contributed by atoms with van der Waals surface area (Å²) in [5, 5.41) is 9.57. The lowest BCUT2D eigenvalue weighted by molar-refractivity contribution is -0.137. The molecular formula is C21H23N3O4S. The number of carboxylic acids is 1. The molecule has 0 saturated heterocycles. The number of nitrogens with zero attached hydrogens (tertiary/aromatic N) is 2. The van der Waals surface area contributed by atoms with E-state index in [1.807, 2.05) is 24.3 Å². The molecule has 1 unspecified atom stereocenters. The van der Waals surface area contributed by atoms with E-state index in [0.29, 0.717) is 24.8 Å². The molecule has 0 fully saturated rings. The molecule has 2 aromatic heterocycles. The highest BCUT2D eigenvalue weighted by Gasteiger charge is 2.21. The fourth-order valence-electron chi connectivity index (χ4n) is 3.25. The van der Waals surface area contributed by atoms with Gasteiger partial charge in [-0.2, -0.15) is 0 Å². The molecule has 0 aliphatic carbocycles. The van der Waals surface area contributed by atoms with Crippen molar-refractivity contribution in [1.29, 1.82) is 0 Å². The molecule has 29 heavy (non-hydrogen) atoms. The summed E-state index contributed by atoms with van der Waals surface area (Å²) in [6.07, 6.45) is 6.95. The zero-order valence-corrected chi connectivity index (χ0v) is 16.7. The normalized spacial score (nSPS) is 12.7. The van der Waals surface area contributed by atoms with E-state index in [4.69, 9.17) is 5.11 Å². The summed E-state index contributed by atoms with van der Waals surface area (Å²) in [5.74, 6) is -0.928. The maximum absolute atomic E-state index is 13.0. The number of nitrogens with one attached hydrogen (secondary N) is 1. The van der Waals surface area contributed by atoms with Crippen LogP contribution in [0.2, 0.25) is 0 Å². The minimum atomic E-state index is -3.76. The molecule has 0 saturated carbocycles. The van der Waals surface area contributed by atoms with Crippen LogP contribution >= 0.6 is 0 Å². The minimum Gasteiger partial charge on any atom is -0.481 e. The highest BCUT2D eigenvalue weighted by Crippen LogP contribution is 2.24. The van der Waals surface area contributed by atoms with E-state index in [0.717, 1.165) is 10.9 Å². The van der Waals surface area contributed by atoms with Gasteiger partial charge in [0.05, 0.1) is 5.52 Å². The molecule has 0 aliphatic heterocycles. The Balaban J connectivity index is 1.76. The van der Waals surface area contributed by atoms with E-state index < -0.39 is 16.0 Å². The number of unbranched alkanes of at least 4 members (excludes halogenated alkanes) is 1. The molecule has 0 spiro atoms. The first-order valence-corrected chi connectivity index (χ1v) is 10.9. The number of rotatable bonds is 10. The van der Waals surface area contributed by atoms with Crippen LogP contribution in [-0.2, 0) is 14.8 Å². The Morgan fingerprint density at radius 2 is 1.86 bits per heavy atom. The maximum Gasteiger partial charge on any atom is 0.303 e. The highest BCUT2D eigenvalue weighted by molar-refractivity contribution is 7.89. The monoisotopic (exact) mass is 413 g/mol. The van der Waals surface area contributed by atoms with Crippen LogP contribution in [-0.4, -0.2) is 36.0 Å². The van der Waals surface area contributed by atoms with Crippen LogP contribution in [0, 0.1) is 0 Å². The number of fused-ring (bicyclic) bond motifs is 1. The lowest BCUT2D eigenvalue weighted by atomic mass is 9.94. The zero-order chi connectivity index (χ0) is 20.7. The van der Waals surface area contributed by atoms with Crippen LogP contribution in [0.15, 0.2) is 66.0 Å². The van der Waals surface area contributed by atoms with Crippen LogP contribution in [0.1, 0.15) is 37.2 Å². The SMILES string of the molecule is O=C(O)CCCCC(CNS(=O)(=O)c1cccc2cccnc12)c1cccnc1. The number of aromatic nitrogens is 2. The van der Waals surface area contributed by atoms with Crippen molar-refractivity contribution in [2.75, 3.05) is 6.54 Å². The molecule has 2 N–H and O–H groups in total. The van der Waals surface area contributed by atoms with Gasteiger partial charge in [-0.3, -0.25) is 14.8 Å². The smallest absolute Gasteiger partial charge is 0.303 e. The number of pyridine rings is 2. The van der Waals surface area contributed by atoms with Gasteiger partial charge in [0.25, 0.3) is 0 Å². The van der Waals surface area contributed by atoms with Crippen LogP contribution in [0.5, 0.6) is 0 Å². The van der Waals surface area contributed by atoms with E-state index >= 15 is 0 Å². The van der Waals surface area contributed by atoms with Crippen molar-refractivity contribution in [2.24, 2.45) is 0 Å². The molecule has 152 valence electrons. The zero-order valence-electron chi connectivity index (χ0n) is 15.9. The summed E-state index contributed by atoms with van der Waals surface area (Å²) in [6, 6.07) is 12.4. The van der Waals surface area contributed by atoms with E-state index in [-0.39, 0.29) is 23.8 Å². The number of sulfonamides is 1. The molecule has 1 aromatic carbocycles. The van der Waals surface area contributed by atoms with Gasteiger partial charge in [-0.15, -0.1) is 0 Å². The number of aliphatic carboxylic acids is 1. The first kappa shape index (κ1) is 20.9. The van der Waals surface area contributed by atoms with Crippen molar-refractivity contribution in [3.63, 3.8) is 0 Å². The quantitative estimate of drug-likeness (QED) is 0.494. The van der Waals surface area contributed by atoms with Crippen molar-refractivity contribution in [3.8, 4) is 0 Å². The van der Waals surface area contributed by atoms with Gasteiger partial charge >= 0.3 is 5.97 Å². The lowest BCUT2D eigenvalue weighted by Crippen LogP contribution is -2.29. The molecule has 0 bridgehead atoms. The third kappa shape index (κ3) is 5.58. The summed E-state index contributed by atoms with van der Waals surface area (Å²) in [6.45, 7) is 0.199. The Kier molecular flexibility index (Phi) is 6.90. The highest BCUT2D eigenvalue weighted by atomic mass is 32.2. The standard InChI is InChI=1S/C21H23N3O4S/c25-20(26)11-2-1-6-18(17-9-4-12-22-14-17)15-24-29(27,28)19-10-3-7-16-8-5-13-23-21(16)19/h3-5,7-10,12-14,18,24H,1-2,6,11,15H2,(H,25,26). The van der Waals surface area contributed by atoms with Crippen LogP contribution in [0.3, 0.4) is 0 Å². The maximum atomic E-state index is 13.0. The molecule has 2 heterocycles. The predicted octanol–water partition coefficient (Wildman–Crippen LogP) is 3.34. The number of carbonyl (C=O) groups is 1. The minimum absolute atomic E-state index is 0.102. The number of hydrogen-bond donors (Lipinski definition) is 2. The van der Waals surface area contributed by atoms with E-state index in [1.165, 1.54) is 0 Å². The second-order valence-corrected chi connectivity index (χ2v) is 8.54. The van der Waals surface area contributed by atoms with Crippen LogP contribution in [0.25, 0.3) is 10.9 Å². The fraction of sp³-hybridized carbons (Fsp3) is 0.286. The van der Waals surface area contributed by atoms with Gasteiger partial charge in [0.15, 0.2) is 0 Å². The molecule has 0 aliphatic rings. The number of hydrogen-bond acceptors (Lipinski definition) is 5. The van der Waals surface area contributed by atoms with Gasteiger partial charge in [0.1, 0.15) is 4.90 Å². The first-order valence-electron chi connectivity index (χ1n) is 9.42. The average molecular weight is 413 g/mol. The third-order valence-electron chi connectivity index (χ3n) is 4.75. The van der Waals surface area contributed by atoms with E-state index in [2.05, 4.69) is 14.7 Å². The topological polar surface area (TPSA) is 109 Å². The summed E-state index contributed by atoms with van der Waals surface area (Å²) >= 11 is 0. The Labute approximate surface area is 169 Å². The number of carboxylic acid groups (broad SMARTS) is 1. The Bertz CT molecular complexity index is 1070. The summed E-state index contributed by atoms with van der Waals surface area (Å²) < 4.78 is 28.6. The fourth-order valence-corrected chi connectivity index (χ4v) is 4.51. The van der Waals surface area contributed by atoms with Gasteiger partial charge in [-0.25, -0.2) is 13.1 Å². The van der Waals surface area contributed by atoms with Crippen molar-refractivity contribution in [3.05, 3.63) is 66.6 Å². The van der Waals surface area contributed by atoms with E-state index in [1.54, 1.807) is 36.8 Å². The van der Waals surface area contributed by atoms with Gasteiger partial charge < -0.3 is 5.11 Å². The molecule has 7 nitrogen and oxygen atoms in total. The lowest BCUT2D eigenvalue weighted by Gasteiger charge is -2.18. The summed E-state index contributed by atoms with van der Waals surface area (Å²) in [4.78, 5) is 19.2. The second kappa shape index (κ2) is 9.58. The van der Waals surface area contributed by atoms with Gasteiger partial charge in [-0.1, -0.05) is 30.7 Å². The average Bonchev–Trinajstić information content (AvgIpc) is 2.73. The molecule has 1 atom stereocenters. The van der Waals surface area contributed by atoms with Gasteiger partial charge in [0, 0.05) is 36.9 Å². The Morgan fingerprint density at radius 3 is 2.62 bits per heavy atom. The van der Waals surface area contributed by atoms with Crippen molar-refractivity contribution in [2.45, 2.75) is 36.5 Å². The number of benzene rings is 1. The van der Waals surface area contributed by atoms with Gasteiger partial charge in [0.2, 0.25) is 10.0 Å². The first-order chi connectivity index (χ1) is 14.0.